The van der Waals surface area contributed by atoms with E-state index < -0.39 is 0 Å². The van der Waals surface area contributed by atoms with Gasteiger partial charge in [0.25, 0.3) is 0 Å². The minimum Gasteiger partial charge on any atom is -0.497 e. The van der Waals surface area contributed by atoms with Gasteiger partial charge in [0, 0.05) is 19.0 Å². The molecule has 5 nitrogen and oxygen atoms in total. The van der Waals surface area contributed by atoms with Crippen LogP contribution in [-0.2, 0) is 20.8 Å². The molecule has 2 saturated carbocycles. The van der Waals surface area contributed by atoms with Crippen molar-refractivity contribution < 1.29 is 19.0 Å². The molecule has 2 saturated heterocycles. The number of benzene rings is 1. The Labute approximate surface area is 167 Å². The van der Waals surface area contributed by atoms with Gasteiger partial charge >= 0.3 is 5.97 Å². The van der Waals surface area contributed by atoms with Crippen molar-refractivity contribution in [2.45, 2.75) is 57.3 Å². The number of carbonyl (C=O) groups excluding carboxylic acids is 1. The maximum atomic E-state index is 12.6. The Morgan fingerprint density at radius 2 is 2.04 bits per heavy atom. The third kappa shape index (κ3) is 3.03. The van der Waals surface area contributed by atoms with Crippen LogP contribution in [0, 0.1) is 23.2 Å². The van der Waals surface area contributed by atoms with Gasteiger partial charge < -0.3 is 19.5 Å². The van der Waals surface area contributed by atoms with E-state index in [1.807, 2.05) is 12.1 Å². The van der Waals surface area contributed by atoms with Crippen molar-refractivity contribution in [2.75, 3.05) is 20.3 Å². The number of epoxide rings is 1. The van der Waals surface area contributed by atoms with Gasteiger partial charge in [-0.1, -0.05) is 19.1 Å². The Bertz CT molecular complexity index is 743. The molecule has 4 aliphatic rings. The molecule has 152 valence electrons. The van der Waals surface area contributed by atoms with E-state index >= 15 is 0 Å². The summed E-state index contributed by atoms with van der Waals surface area (Å²) in [6, 6.07) is 8.06. The Balaban J connectivity index is 1.24. The maximum absolute atomic E-state index is 12.6. The van der Waals surface area contributed by atoms with Crippen molar-refractivity contribution in [2.24, 2.45) is 23.2 Å². The molecule has 0 unspecified atom stereocenters. The lowest BCUT2D eigenvalue weighted by Gasteiger charge is -2.51. The van der Waals surface area contributed by atoms with Gasteiger partial charge in [0.2, 0.25) is 0 Å². The SMILES string of the molecule is COc1ccc(CNC[C@H]2C(=O)O[C@@H]3C[C@@]4(C)CCC[C@]5(CO5)[C@@H]4C[C@@H]32)cc1. The number of methoxy groups -OCH3 is 1. The molecule has 1 aromatic carbocycles. The Hall–Kier alpha value is -1.59. The van der Waals surface area contributed by atoms with Gasteiger partial charge in [-0.2, -0.15) is 0 Å². The van der Waals surface area contributed by atoms with E-state index in [1.165, 1.54) is 24.8 Å². The van der Waals surface area contributed by atoms with E-state index in [0.29, 0.717) is 18.4 Å². The highest BCUT2D eigenvalue weighted by molar-refractivity contribution is 5.75. The maximum Gasteiger partial charge on any atom is 0.310 e. The summed E-state index contributed by atoms with van der Waals surface area (Å²) in [6.07, 6.45) is 5.85. The summed E-state index contributed by atoms with van der Waals surface area (Å²) in [5.74, 6) is 1.72. The first-order valence-corrected chi connectivity index (χ1v) is 10.7. The van der Waals surface area contributed by atoms with Gasteiger partial charge in [-0.3, -0.25) is 4.79 Å². The van der Waals surface area contributed by atoms with Crippen molar-refractivity contribution in [1.82, 2.24) is 5.32 Å². The average molecular weight is 386 g/mol. The number of nitrogens with one attached hydrogen (secondary N) is 1. The minimum absolute atomic E-state index is 0.00903. The van der Waals surface area contributed by atoms with Crippen molar-refractivity contribution in [3.05, 3.63) is 29.8 Å². The molecule has 1 spiro atoms. The van der Waals surface area contributed by atoms with Gasteiger partial charge in [0.1, 0.15) is 11.9 Å². The van der Waals surface area contributed by atoms with E-state index in [-0.39, 0.29) is 29.0 Å². The zero-order chi connectivity index (χ0) is 19.4. The third-order valence-corrected chi connectivity index (χ3v) is 7.93. The molecule has 5 heteroatoms. The highest BCUT2D eigenvalue weighted by Crippen LogP contribution is 2.62. The molecule has 2 heterocycles. The largest absolute Gasteiger partial charge is 0.497 e. The molecule has 0 radical (unpaired) electrons. The van der Waals surface area contributed by atoms with Crippen LogP contribution in [0.1, 0.15) is 44.6 Å². The van der Waals surface area contributed by atoms with E-state index in [2.05, 4.69) is 24.4 Å². The lowest BCUT2D eigenvalue weighted by Crippen LogP contribution is -2.51. The second-order valence-electron chi connectivity index (χ2n) is 9.58. The van der Waals surface area contributed by atoms with Gasteiger partial charge in [0.15, 0.2) is 0 Å². The Kier molecular flexibility index (Phi) is 4.44. The average Bonchev–Trinajstić information content (AvgIpc) is 3.39. The standard InChI is InChI=1S/C23H31NO4/c1-22-8-3-9-23(14-27-23)20(22)10-17-18(21(25)28-19(17)11-22)13-24-12-15-4-6-16(26-2)7-5-15/h4-7,17-20,24H,3,8-14H2,1-2H3/t17-,18-,19-,20-,22-,23+/m1/s1. The summed E-state index contributed by atoms with van der Waals surface area (Å²) in [7, 11) is 1.67. The summed E-state index contributed by atoms with van der Waals surface area (Å²) in [5, 5.41) is 3.49. The summed E-state index contributed by atoms with van der Waals surface area (Å²) in [4.78, 5) is 12.6. The molecule has 0 bridgehead atoms. The van der Waals surface area contributed by atoms with Gasteiger partial charge in [-0.05, 0) is 61.1 Å². The van der Waals surface area contributed by atoms with Crippen LogP contribution in [0.5, 0.6) is 5.75 Å². The highest BCUT2D eigenvalue weighted by Gasteiger charge is 2.64. The third-order valence-electron chi connectivity index (χ3n) is 7.93. The molecule has 1 N–H and O–H groups in total. The number of carbonyl (C=O) groups is 1. The number of hydrogen-bond acceptors (Lipinski definition) is 5. The fourth-order valence-electron chi connectivity index (χ4n) is 6.31. The van der Waals surface area contributed by atoms with Crippen LogP contribution in [-0.4, -0.2) is 37.9 Å². The molecule has 6 atom stereocenters. The highest BCUT2D eigenvalue weighted by atomic mass is 16.6. The van der Waals surface area contributed by atoms with Crippen molar-refractivity contribution >= 4 is 5.97 Å². The van der Waals surface area contributed by atoms with Crippen LogP contribution in [0.15, 0.2) is 24.3 Å². The second-order valence-corrected chi connectivity index (χ2v) is 9.58. The number of rotatable bonds is 5. The normalized spacial score (nSPS) is 41.3. The molecular formula is C23H31NO4. The zero-order valence-electron chi connectivity index (χ0n) is 16.9. The lowest BCUT2D eigenvalue weighted by atomic mass is 9.53. The Morgan fingerprint density at radius 3 is 2.75 bits per heavy atom. The predicted octanol–water partition coefficient (Wildman–Crippen LogP) is 3.31. The molecule has 28 heavy (non-hydrogen) atoms. The topological polar surface area (TPSA) is 60.1 Å². The van der Waals surface area contributed by atoms with Crippen LogP contribution in [0.3, 0.4) is 0 Å². The monoisotopic (exact) mass is 385 g/mol. The molecule has 2 aliphatic heterocycles. The fourth-order valence-corrected chi connectivity index (χ4v) is 6.31. The molecule has 0 amide bonds. The summed E-state index contributed by atoms with van der Waals surface area (Å²) < 4.78 is 17.1. The smallest absolute Gasteiger partial charge is 0.310 e. The van der Waals surface area contributed by atoms with E-state index in [1.54, 1.807) is 7.11 Å². The molecule has 2 aliphatic carbocycles. The van der Waals surface area contributed by atoms with E-state index in [4.69, 9.17) is 14.2 Å². The molecule has 0 aromatic heterocycles. The second kappa shape index (κ2) is 6.74. The van der Waals surface area contributed by atoms with E-state index in [9.17, 15) is 4.79 Å². The fraction of sp³-hybridized carbons (Fsp3) is 0.696. The molecule has 1 aromatic rings. The summed E-state index contributed by atoms with van der Waals surface area (Å²) in [6.45, 7) is 4.75. The zero-order valence-corrected chi connectivity index (χ0v) is 16.9. The number of esters is 1. The lowest BCUT2D eigenvalue weighted by molar-refractivity contribution is -0.147. The quantitative estimate of drug-likeness (QED) is 0.622. The minimum atomic E-state index is -0.0366. The predicted molar refractivity (Wildman–Crippen MR) is 105 cm³/mol. The van der Waals surface area contributed by atoms with Crippen LogP contribution in [0.4, 0.5) is 0 Å². The van der Waals surface area contributed by atoms with Crippen molar-refractivity contribution in [1.29, 1.82) is 0 Å². The van der Waals surface area contributed by atoms with Crippen LogP contribution < -0.4 is 10.1 Å². The number of ether oxygens (including phenoxy) is 3. The van der Waals surface area contributed by atoms with Crippen molar-refractivity contribution in [3.63, 3.8) is 0 Å². The first-order valence-electron chi connectivity index (χ1n) is 10.7. The number of hydrogen-bond donors (Lipinski definition) is 1. The van der Waals surface area contributed by atoms with Crippen LogP contribution in [0.25, 0.3) is 0 Å². The number of fused-ring (bicyclic) bond motifs is 3. The summed E-state index contributed by atoms with van der Waals surface area (Å²) >= 11 is 0. The van der Waals surface area contributed by atoms with Gasteiger partial charge in [-0.25, -0.2) is 0 Å². The van der Waals surface area contributed by atoms with Crippen LogP contribution >= 0.6 is 0 Å². The van der Waals surface area contributed by atoms with E-state index in [0.717, 1.165) is 31.7 Å². The molecular weight excluding hydrogens is 354 g/mol. The first-order chi connectivity index (χ1) is 13.5. The Morgan fingerprint density at radius 1 is 1.25 bits per heavy atom. The van der Waals surface area contributed by atoms with Gasteiger partial charge in [0.05, 0.1) is 25.2 Å². The first kappa shape index (κ1) is 18.4. The molecule has 5 rings (SSSR count). The molecule has 4 fully saturated rings. The van der Waals surface area contributed by atoms with Gasteiger partial charge in [-0.15, -0.1) is 0 Å². The summed E-state index contributed by atoms with van der Waals surface area (Å²) in [5.41, 5.74) is 1.57. The van der Waals surface area contributed by atoms with Crippen LogP contribution in [0.2, 0.25) is 0 Å². The van der Waals surface area contributed by atoms with Crippen molar-refractivity contribution in [3.8, 4) is 5.75 Å².